The van der Waals surface area contributed by atoms with Gasteiger partial charge >= 0.3 is 0 Å². The molecule has 3 aromatic rings. The van der Waals surface area contributed by atoms with Gasteiger partial charge in [-0.2, -0.15) is 0 Å². The summed E-state index contributed by atoms with van der Waals surface area (Å²) in [5.74, 6) is -0.0695. The van der Waals surface area contributed by atoms with Crippen molar-refractivity contribution in [2.24, 2.45) is 0 Å². The molecular formula is C28H29Cl2N3O3S. The predicted molar refractivity (Wildman–Crippen MR) is 153 cm³/mol. The normalized spacial score (nSPS) is 12.2. The van der Waals surface area contributed by atoms with Gasteiger partial charge in [-0.05, 0) is 35.3 Å². The molecule has 1 amide bonds. The third kappa shape index (κ3) is 8.45. The fourth-order valence-corrected chi connectivity index (χ4v) is 4.85. The molecule has 1 heterocycles. The van der Waals surface area contributed by atoms with Crippen LogP contribution in [0.1, 0.15) is 54.9 Å². The van der Waals surface area contributed by atoms with E-state index in [1.54, 1.807) is 0 Å². The Morgan fingerprint density at radius 1 is 1.03 bits per heavy atom. The number of nitrogens with one attached hydrogen (secondary N) is 1. The molecule has 3 rings (SSSR count). The second-order valence-electron chi connectivity index (χ2n) is 8.24. The number of amides is 1. The summed E-state index contributed by atoms with van der Waals surface area (Å²) < 4.78 is 27.9. The number of rotatable bonds is 11. The van der Waals surface area contributed by atoms with Crippen LogP contribution in [0.3, 0.4) is 0 Å². The molecule has 0 fully saturated rings. The molecule has 9 heteroatoms. The van der Waals surface area contributed by atoms with E-state index in [1.165, 1.54) is 12.2 Å². The van der Waals surface area contributed by atoms with Gasteiger partial charge in [0.15, 0.2) is 5.15 Å². The quantitative estimate of drug-likeness (QED) is 0.209. The molecule has 1 N–H and O–H groups in total. The lowest BCUT2D eigenvalue weighted by Gasteiger charge is -2.12. The molecule has 37 heavy (non-hydrogen) atoms. The fourth-order valence-electron chi connectivity index (χ4n) is 3.53. The molecule has 0 aliphatic carbocycles. The monoisotopic (exact) mass is 557 g/mol. The highest BCUT2D eigenvalue weighted by atomic mass is 35.5. The molecule has 2 aromatic carbocycles. The largest absolute Gasteiger partial charge is 0.323 e. The zero-order valence-electron chi connectivity index (χ0n) is 20.7. The van der Waals surface area contributed by atoms with Gasteiger partial charge in [0.25, 0.3) is 15.9 Å². The van der Waals surface area contributed by atoms with Gasteiger partial charge in [-0.1, -0.05) is 104 Å². The third-order valence-electron chi connectivity index (χ3n) is 5.40. The summed E-state index contributed by atoms with van der Waals surface area (Å²) in [5.41, 5.74) is 3.39. The zero-order valence-corrected chi connectivity index (χ0v) is 23.0. The van der Waals surface area contributed by atoms with Gasteiger partial charge in [0.05, 0.1) is 12.2 Å². The fraction of sp³-hybridized carbons (Fsp3) is 0.214. The van der Waals surface area contributed by atoms with Gasteiger partial charge < -0.3 is 4.57 Å². The van der Waals surface area contributed by atoms with Gasteiger partial charge in [-0.15, -0.1) is 0 Å². The van der Waals surface area contributed by atoms with E-state index in [9.17, 15) is 13.2 Å². The summed E-state index contributed by atoms with van der Waals surface area (Å²) in [6.45, 7) is 4.26. The molecule has 0 saturated carbocycles. The van der Waals surface area contributed by atoms with E-state index in [2.05, 4.69) is 4.98 Å². The van der Waals surface area contributed by atoms with Gasteiger partial charge in [0.2, 0.25) is 0 Å². The van der Waals surface area contributed by atoms with E-state index < -0.39 is 15.9 Å². The number of carbonyl (C=O) groups excluding carboxylic acids is 1. The Hall–Kier alpha value is -3.13. The maximum Gasteiger partial charge on any atom is 0.257 e. The smallest absolute Gasteiger partial charge is 0.257 e. The summed E-state index contributed by atoms with van der Waals surface area (Å²) in [6.07, 6.45) is 10.1. The van der Waals surface area contributed by atoms with Crippen LogP contribution in [0.25, 0.3) is 18.2 Å². The van der Waals surface area contributed by atoms with Crippen molar-refractivity contribution in [3.8, 4) is 0 Å². The van der Waals surface area contributed by atoms with Gasteiger partial charge in [-0.3, -0.25) is 4.79 Å². The molecule has 6 nitrogen and oxygen atoms in total. The molecule has 0 unspecified atom stereocenters. The van der Waals surface area contributed by atoms with Gasteiger partial charge in [0.1, 0.15) is 5.82 Å². The number of sulfonamides is 1. The summed E-state index contributed by atoms with van der Waals surface area (Å²) >= 11 is 13.0. The minimum atomic E-state index is -3.87. The third-order valence-corrected chi connectivity index (χ3v) is 7.06. The Labute approximate surface area is 228 Å². The van der Waals surface area contributed by atoms with E-state index >= 15 is 0 Å². The number of carbonyl (C=O) groups is 1. The van der Waals surface area contributed by atoms with Crippen molar-refractivity contribution >= 4 is 57.4 Å². The Kier molecular flexibility index (Phi) is 10.3. The summed E-state index contributed by atoms with van der Waals surface area (Å²) in [4.78, 5) is 16.7. The Morgan fingerprint density at radius 3 is 2.43 bits per heavy atom. The maximum absolute atomic E-state index is 12.3. The minimum Gasteiger partial charge on any atom is -0.323 e. The van der Waals surface area contributed by atoms with Crippen molar-refractivity contribution in [1.29, 1.82) is 0 Å². The number of aryl methyl sites for hydroxylation is 1. The number of aromatic nitrogens is 2. The van der Waals surface area contributed by atoms with Crippen LogP contribution >= 0.6 is 23.2 Å². The maximum atomic E-state index is 12.3. The molecule has 0 saturated heterocycles. The van der Waals surface area contributed by atoms with Crippen molar-refractivity contribution < 1.29 is 13.2 Å². The number of unbranched alkanes of at least 4 members (excludes halogenated alkanes) is 1. The Balaban J connectivity index is 1.80. The number of allylic oxidation sites excluding steroid dienone is 1. The van der Waals surface area contributed by atoms with Crippen LogP contribution in [-0.4, -0.2) is 23.9 Å². The number of hydrogen-bond donors (Lipinski definition) is 1. The van der Waals surface area contributed by atoms with Crippen molar-refractivity contribution in [3.05, 3.63) is 104 Å². The lowest BCUT2D eigenvalue weighted by Crippen LogP contribution is -2.27. The average molecular weight is 559 g/mol. The van der Waals surface area contributed by atoms with E-state index in [4.69, 9.17) is 23.2 Å². The average Bonchev–Trinajstić information content (AvgIpc) is 3.17. The van der Waals surface area contributed by atoms with Crippen LogP contribution in [0, 0.1) is 0 Å². The SMILES string of the molecule is CCCC=CS(=O)(=O)NC(=O)C=Cc1c(Cl)nc(CC)n1Cc1ccc(C=Cc2ccccc2)cc1Cl. The van der Waals surface area contributed by atoms with Crippen LogP contribution in [0.5, 0.6) is 0 Å². The second-order valence-corrected chi connectivity index (χ2v) is 10.6. The highest BCUT2D eigenvalue weighted by Gasteiger charge is 2.15. The predicted octanol–water partition coefficient (Wildman–Crippen LogP) is 6.74. The van der Waals surface area contributed by atoms with E-state index in [0.717, 1.165) is 34.6 Å². The molecular weight excluding hydrogens is 529 g/mol. The van der Waals surface area contributed by atoms with Crippen molar-refractivity contribution in [3.63, 3.8) is 0 Å². The van der Waals surface area contributed by atoms with Crippen LogP contribution < -0.4 is 4.72 Å². The van der Waals surface area contributed by atoms with E-state index in [0.29, 0.717) is 35.9 Å². The van der Waals surface area contributed by atoms with E-state index in [1.807, 2.05) is 83.8 Å². The molecule has 0 atom stereocenters. The van der Waals surface area contributed by atoms with Crippen LogP contribution in [0.2, 0.25) is 10.2 Å². The molecule has 1 aromatic heterocycles. The molecule has 0 bridgehead atoms. The first-order valence-corrected chi connectivity index (χ1v) is 14.2. The first kappa shape index (κ1) is 28.4. The van der Waals surface area contributed by atoms with Crippen molar-refractivity contribution in [1.82, 2.24) is 14.3 Å². The first-order chi connectivity index (χ1) is 17.7. The van der Waals surface area contributed by atoms with Gasteiger partial charge in [0, 0.05) is 22.9 Å². The lowest BCUT2D eigenvalue weighted by atomic mass is 10.1. The molecule has 194 valence electrons. The number of nitrogens with zero attached hydrogens (tertiary/aromatic N) is 2. The minimum absolute atomic E-state index is 0.213. The summed E-state index contributed by atoms with van der Waals surface area (Å²) in [7, 11) is -3.87. The lowest BCUT2D eigenvalue weighted by molar-refractivity contribution is -0.114. The van der Waals surface area contributed by atoms with Crippen molar-refractivity contribution in [2.45, 2.75) is 39.7 Å². The van der Waals surface area contributed by atoms with Crippen molar-refractivity contribution in [2.75, 3.05) is 0 Å². The molecule has 0 aliphatic rings. The summed E-state index contributed by atoms with van der Waals surface area (Å²) in [5, 5.41) is 1.79. The van der Waals surface area contributed by atoms with E-state index in [-0.39, 0.29) is 5.15 Å². The molecule has 0 aliphatic heterocycles. The highest BCUT2D eigenvalue weighted by Crippen LogP contribution is 2.25. The first-order valence-electron chi connectivity index (χ1n) is 11.9. The molecule has 0 radical (unpaired) electrons. The molecule has 0 spiro atoms. The number of hydrogen-bond acceptors (Lipinski definition) is 4. The number of halogens is 2. The number of imidazole rings is 1. The van der Waals surface area contributed by atoms with Crippen LogP contribution in [-0.2, 0) is 27.8 Å². The van der Waals surface area contributed by atoms with Gasteiger partial charge in [-0.25, -0.2) is 18.1 Å². The number of benzene rings is 2. The second kappa shape index (κ2) is 13.4. The highest BCUT2D eigenvalue weighted by molar-refractivity contribution is 7.92. The Morgan fingerprint density at radius 2 is 1.76 bits per heavy atom. The standard InChI is InChI=1S/C28H29Cl2N3O3S/c1-3-5-9-18-37(35,36)32-27(34)17-16-25-28(30)31-26(4-2)33(25)20-23-15-14-22(19-24(23)29)13-12-21-10-7-6-8-11-21/h6-19H,3-5,20H2,1-2H3,(H,32,34). The van der Waals surface area contributed by atoms with Crippen LogP contribution in [0.15, 0.2) is 66.1 Å². The Bertz CT molecular complexity index is 1430. The zero-order chi connectivity index (χ0) is 26.8. The summed E-state index contributed by atoms with van der Waals surface area (Å²) in [6, 6.07) is 15.8. The van der Waals surface area contributed by atoms with Crippen LogP contribution in [0.4, 0.5) is 0 Å². The topological polar surface area (TPSA) is 81.1 Å².